The Morgan fingerprint density at radius 3 is 2.84 bits per heavy atom. The molecule has 1 aromatic carbocycles. The maximum absolute atomic E-state index is 6.45. The SMILES string of the molecule is Cc1ccc(-c2cc3c(cc2Cl)N(C)CCC3)cn1. The second-order valence-electron chi connectivity index (χ2n) is 5.17. The number of hydrogen-bond donors (Lipinski definition) is 0. The molecule has 0 amide bonds. The van der Waals surface area contributed by atoms with Crippen molar-refractivity contribution in [1.29, 1.82) is 0 Å². The highest BCUT2D eigenvalue weighted by atomic mass is 35.5. The molecule has 0 aliphatic carbocycles. The van der Waals surface area contributed by atoms with Gasteiger partial charge in [-0.05, 0) is 43.5 Å². The molecule has 0 saturated carbocycles. The Morgan fingerprint density at radius 1 is 1.26 bits per heavy atom. The average molecular weight is 273 g/mol. The van der Waals surface area contributed by atoms with Crippen LogP contribution in [0.2, 0.25) is 5.02 Å². The number of anilines is 1. The van der Waals surface area contributed by atoms with Gasteiger partial charge >= 0.3 is 0 Å². The van der Waals surface area contributed by atoms with Gasteiger partial charge in [0.2, 0.25) is 0 Å². The number of benzene rings is 1. The van der Waals surface area contributed by atoms with E-state index < -0.39 is 0 Å². The molecule has 0 radical (unpaired) electrons. The van der Waals surface area contributed by atoms with E-state index in [-0.39, 0.29) is 0 Å². The molecular weight excluding hydrogens is 256 g/mol. The van der Waals surface area contributed by atoms with Gasteiger partial charge in [-0.25, -0.2) is 0 Å². The average Bonchev–Trinajstić information content (AvgIpc) is 2.40. The quantitative estimate of drug-likeness (QED) is 0.777. The van der Waals surface area contributed by atoms with Gasteiger partial charge < -0.3 is 4.90 Å². The fourth-order valence-corrected chi connectivity index (χ4v) is 2.91. The molecule has 0 fully saturated rings. The smallest absolute Gasteiger partial charge is 0.0505 e. The Morgan fingerprint density at radius 2 is 2.11 bits per heavy atom. The summed E-state index contributed by atoms with van der Waals surface area (Å²) >= 11 is 6.45. The van der Waals surface area contributed by atoms with Crippen LogP contribution in [-0.4, -0.2) is 18.6 Å². The Balaban J connectivity index is 2.10. The maximum atomic E-state index is 6.45. The number of aryl methyl sites for hydroxylation is 2. The summed E-state index contributed by atoms with van der Waals surface area (Å²) in [6.07, 6.45) is 4.23. The van der Waals surface area contributed by atoms with Crippen molar-refractivity contribution in [3.8, 4) is 11.1 Å². The number of nitrogens with zero attached hydrogens (tertiary/aromatic N) is 2. The van der Waals surface area contributed by atoms with Crippen LogP contribution in [0.3, 0.4) is 0 Å². The third kappa shape index (κ3) is 2.33. The number of aromatic nitrogens is 1. The van der Waals surface area contributed by atoms with Crippen molar-refractivity contribution in [1.82, 2.24) is 4.98 Å². The van der Waals surface area contributed by atoms with E-state index in [9.17, 15) is 0 Å². The summed E-state index contributed by atoms with van der Waals surface area (Å²) < 4.78 is 0. The van der Waals surface area contributed by atoms with Crippen LogP contribution in [0.15, 0.2) is 30.5 Å². The minimum atomic E-state index is 0.804. The van der Waals surface area contributed by atoms with Gasteiger partial charge in [-0.15, -0.1) is 0 Å². The van der Waals surface area contributed by atoms with Crippen molar-refractivity contribution in [3.63, 3.8) is 0 Å². The molecule has 2 nitrogen and oxygen atoms in total. The summed E-state index contributed by atoms with van der Waals surface area (Å²) in [4.78, 5) is 6.63. The molecular formula is C16H17ClN2. The molecule has 3 rings (SSSR count). The van der Waals surface area contributed by atoms with Crippen molar-refractivity contribution in [3.05, 3.63) is 46.7 Å². The third-order valence-electron chi connectivity index (χ3n) is 3.74. The van der Waals surface area contributed by atoms with Gasteiger partial charge in [0.05, 0.1) is 5.02 Å². The predicted octanol–water partition coefficient (Wildman–Crippen LogP) is 4.09. The summed E-state index contributed by atoms with van der Waals surface area (Å²) in [5.74, 6) is 0. The van der Waals surface area contributed by atoms with Gasteiger partial charge in [0.1, 0.15) is 0 Å². The van der Waals surface area contributed by atoms with Gasteiger partial charge in [0.15, 0.2) is 0 Å². The van der Waals surface area contributed by atoms with Gasteiger partial charge in [-0.2, -0.15) is 0 Å². The summed E-state index contributed by atoms with van der Waals surface area (Å²) in [5.41, 5.74) is 5.85. The molecule has 2 aromatic rings. The lowest BCUT2D eigenvalue weighted by Gasteiger charge is -2.28. The highest BCUT2D eigenvalue weighted by Crippen LogP contribution is 2.36. The lowest BCUT2D eigenvalue weighted by atomic mass is 9.97. The molecule has 0 spiro atoms. The Kier molecular flexibility index (Phi) is 3.19. The Hall–Kier alpha value is -1.54. The minimum absolute atomic E-state index is 0.804. The van der Waals surface area contributed by atoms with Crippen LogP contribution in [0.5, 0.6) is 0 Å². The van der Waals surface area contributed by atoms with E-state index in [1.165, 1.54) is 17.7 Å². The summed E-state index contributed by atoms with van der Waals surface area (Å²) in [6, 6.07) is 8.42. The fourth-order valence-electron chi connectivity index (χ4n) is 2.64. The van der Waals surface area contributed by atoms with E-state index in [2.05, 4.69) is 35.1 Å². The highest BCUT2D eigenvalue weighted by Gasteiger charge is 2.16. The van der Waals surface area contributed by atoms with Crippen LogP contribution in [0.4, 0.5) is 5.69 Å². The number of fused-ring (bicyclic) bond motifs is 1. The van der Waals surface area contributed by atoms with E-state index in [1.807, 2.05) is 19.2 Å². The lowest BCUT2D eigenvalue weighted by Crippen LogP contribution is -2.24. The first kappa shape index (κ1) is 12.5. The zero-order chi connectivity index (χ0) is 13.4. The normalized spacial score (nSPS) is 14.4. The largest absolute Gasteiger partial charge is 0.374 e. The van der Waals surface area contributed by atoms with E-state index >= 15 is 0 Å². The van der Waals surface area contributed by atoms with Crippen LogP contribution in [0.1, 0.15) is 17.7 Å². The lowest BCUT2D eigenvalue weighted by molar-refractivity contribution is 0.745. The molecule has 98 valence electrons. The van der Waals surface area contributed by atoms with Crippen LogP contribution >= 0.6 is 11.6 Å². The van der Waals surface area contributed by atoms with Crippen LogP contribution in [0, 0.1) is 6.92 Å². The predicted molar refractivity (Wildman–Crippen MR) is 81.0 cm³/mol. The minimum Gasteiger partial charge on any atom is -0.374 e. The second-order valence-corrected chi connectivity index (χ2v) is 5.58. The fraction of sp³-hybridized carbons (Fsp3) is 0.312. The molecule has 0 N–H and O–H groups in total. The number of rotatable bonds is 1. The first-order chi connectivity index (χ1) is 9.15. The monoisotopic (exact) mass is 272 g/mol. The molecule has 0 saturated heterocycles. The molecule has 2 heterocycles. The van der Waals surface area contributed by atoms with Crippen molar-refractivity contribution in [2.24, 2.45) is 0 Å². The second kappa shape index (κ2) is 4.86. The number of halogens is 1. The molecule has 0 bridgehead atoms. The molecule has 1 aromatic heterocycles. The number of hydrogen-bond acceptors (Lipinski definition) is 2. The first-order valence-electron chi connectivity index (χ1n) is 6.62. The Labute approximate surface area is 119 Å². The number of pyridine rings is 1. The van der Waals surface area contributed by atoms with Crippen molar-refractivity contribution >= 4 is 17.3 Å². The van der Waals surface area contributed by atoms with E-state index in [0.717, 1.165) is 34.8 Å². The molecule has 19 heavy (non-hydrogen) atoms. The maximum Gasteiger partial charge on any atom is 0.0505 e. The standard InChI is InChI=1S/C16H17ClN2/c1-11-5-6-13(10-18-11)14-8-12-4-3-7-19(2)16(12)9-15(14)17/h5-6,8-10H,3-4,7H2,1-2H3. The molecule has 1 aliphatic rings. The van der Waals surface area contributed by atoms with Gasteiger partial charge in [-0.1, -0.05) is 17.7 Å². The van der Waals surface area contributed by atoms with Crippen LogP contribution < -0.4 is 4.90 Å². The highest BCUT2D eigenvalue weighted by molar-refractivity contribution is 6.33. The molecule has 0 atom stereocenters. The van der Waals surface area contributed by atoms with Crippen molar-refractivity contribution in [2.75, 3.05) is 18.5 Å². The van der Waals surface area contributed by atoms with Gasteiger partial charge in [0, 0.05) is 42.3 Å². The van der Waals surface area contributed by atoms with Gasteiger partial charge in [-0.3, -0.25) is 4.98 Å². The zero-order valence-electron chi connectivity index (χ0n) is 11.3. The van der Waals surface area contributed by atoms with E-state index in [0.29, 0.717) is 0 Å². The summed E-state index contributed by atoms with van der Waals surface area (Å²) in [6.45, 7) is 3.10. The van der Waals surface area contributed by atoms with Gasteiger partial charge in [0.25, 0.3) is 0 Å². The first-order valence-corrected chi connectivity index (χ1v) is 6.99. The summed E-state index contributed by atoms with van der Waals surface area (Å²) in [5, 5.41) is 0.804. The zero-order valence-corrected chi connectivity index (χ0v) is 12.0. The Bertz CT molecular complexity index is 605. The molecule has 3 heteroatoms. The van der Waals surface area contributed by atoms with E-state index in [1.54, 1.807) is 0 Å². The van der Waals surface area contributed by atoms with Crippen molar-refractivity contribution in [2.45, 2.75) is 19.8 Å². The van der Waals surface area contributed by atoms with Crippen molar-refractivity contribution < 1.29 is 0 Å². The summed E-state index contributed by atoms with van der Waals surface area (Å²) in [7, 11) is 2.13. The third-order valence-corrected chi connectivity index (χ3v) is 4.05. The van der Waals surface area contributed by atoms with Crippen LogP contribution in [-0.2, 0) is 6.42 Å². The van der Waals surface area contributed by atoms with E-state index in [4.69, 9.17) is 11.6 Å². The molecule has 0 unspecified atom stereocenters. The molecule has 1 aliphatic heterocycles. The van der Waals surface area contributed by atoms with Crippen LogP contribution in [0.25, 0.3) is 11.1 Å². The topological polar surface area (TPSA) is 16.1 Å².